The molecule has 9 nitrogen and oxygen atoms in total. The highest BCUT2D eigenvalue weighted by Crippen LogP contribution is 2.32. The van der Waals surface area contributed by atoms with Crippen molar-refractivity contribution in [1.82, 2.24) is 15.2 Å². The van der Waals surface area contributed by atoms with Crippen LogP contribution in [0, 0.1) is 17.6 Å². The number of carboxylic acid groups (broad SMARTS) is 1. The lowest BCUT2D eigenvalue weighted by molar-refractivity contribution is -0.146. The van der Waals surface area contributed by atoms with Gasteiger partial charge in [-0.25, -0.2) is 18.4 Å². The Balaban J connectivity index is 1.99. The fourth-order valence-electron chi connectivity index (χ4n) is 3.66. The van der Waals surface area contributed by atoms with Crippen molar-refractivity contribution in [2.24, 2.45) is 11.7 Å². The van der Waals surface area contributed by atoms with E-state index in [1.165, 1.54) is 4.90 Å². The number of carbonyl (C=O) groups is 2. The standard InChI is InChI=1S/C28H32F2N4O5/c1-16(2)8-24(27(35)36)39-26-23(30)13-22(29)25(33-26)38-21-11-18(15-32-28(37)34(3)4)10-20(12-21)19-7-5-6-17(9-19)14-31/h5-7,9-13,16,24H,8,14-15,31H2,1-4H3,(H,32,37)(H,35,36)/t24-/m1/s1. The zero-order chi connectivity index (χ0) is 28.7. The van der Waals surface area contributed by atoms with Crippen molar-refractivity contribution in [3.8, 4) is 28.6 Å². The third-order valence-electron chi connectivity index (χ3n) is 5.61. The molecular formula is C28H32F2N4O5. The van der Waals surface area contributed by atoms with Gasteiger partial charge in [0.05, 0.1) is 0 Å². The lowest BCUT2D eigenvalue weighted by Gasteiger charge is -2.18. The molecule has 4 N–H and O–H groups in total. The Kier molecular flexibility index (Phi) is 9.78. The second-order valence-electron chi connectivity index (χ2n) is 9.56. The van der Waals surface area contributed by atoms with E-state index in [9.17, 15) is 23.5 Å². The molecule has 11 heteroatoms. The molecule has 2 amide bonds. The number of carboxylic acids is 1. The number of nitrogens with two attached hydrogens (primary N) is 1. The van der Waals surface area contributed by atoms with E-state index >= 15 is 0 Å². The Morgan fingerprint density at radius 1 is 1.03 bits per heavy atom. The lowest BCUT2D eigenvalue weighted by Crippen LogP contribution is -2.33. The van der Waals surface area contributed by atoms with E-state index in [0.717, 1.165) is 11.1 Å². The number of nitrogens with zero attached hydrogens (tertiary/aromatic N) is 2. The number of hydrogen-bond donors (Lipinski definition) is 3. The highest BCUT2D eigenvalue weighted by Gasteiger charge is 2.25. The van der Waals surface area contributed by atoms with E-state index in [-0.39, 0.29) is 30.7 Å². The third kappa shape index (κ3) is 8.11. The SMILES string of the molecule is CC(C)C[C@@H](Oc1nc(Oc2cc(CNC(=O)N(C)C)cc(-c3cccc(CN)c3)c2)c(F)cc1F)C(=O)O. The first-order valence-corrected chi connectivity index (χ1v) is 12.3. The molecule has 0 aliphatic carbocycles. The van der Waals surface area contributed by atoms with Crippen LogP contribution in [0.1, 0.15) is 31.4 Å². The molecule has 0 fully saturated rings. The van der Waals surface area contributed by atoms with E-state index in [4.69, 9.17) is 15.2 Å². The summed E-state index contributed by atoms with van der Waals surface area (Å²) in [6.45, 7) is 4.05. The topological polar surface area (TPSA) is 127 Å². The molecule has 0 spiro atoms. The van der Waals surface area contributed by atoms with Gasteiger partial charge in [-0.05, 0) is 58.9 Å². The van der Waals surface area contributed by atoms with Crippen LogP contribution in [0.5, 0.6) is 17.5 Å². The van der Waals surface area contributed by atoms with Gasteiger partial charge in [0.15, 0.2) is 17.7 Å². The average Bonchev–Trinajstić information content (AvgIpc) is 2.89. The number of halogens is 2. The van der Waals surface area contributed by atoms with Crippen LogP contribution < -0.4 is 20.5 Å². The van der Waals surface area contributed by atoms with Gasteiger partial charge in [-0.3, -0.25) is 0 Å². The molecule has 1 atom stereocenters. The van der Waals surface area contributed by atoms with Crippen LogP contribution >= 0.6 is 0 Å². The number of urea groups is 1. The Bertz CT molecular complexity index is 1330. The number of nitrogens with one attached hydrogen (secondary N) is 1. The maximum absolute atomic E-state index is 14.7. The molecule has 2 aromatic carbocycles. The maximum Gasteiger partial charge on any atom is 0.344 e. The molecule has 0 radical (unpaired) electrons. The van der Waals surface area contributed by atoms with Crippen LogP contribution in [0.4, 0.5) is 13.6 Å². The minimum atomic E-state index is -1.38. The van der Waals surface area contributed by atoms with Crippen LogP contribution in [-0.4, -0.2) is 47.2 Å². The molecule has 0 aliphatic rings. The van der Waals surface area contributed by atoms with Crippen LogP contribution in [0.3, 0.4) is 0 Å². The first-order chi connectivity index (χ1) is 18.5. The fraction of sp³-hybridized carbons (Fsp3) is 0.321. The number of aromatic nitrogens is 1. The fourth-order valence-corrected chi connectivity index (χ4v) is 3.66. The van der Waals surface area contributed by atoms with Gasteiger partial charge < -0.3 is 30.5 Å². The minimum Gasteiger partial charge on any atom is -0.479 e. The predicted octanol–water partition coefficient (Wildman–Crippen LogP) is 4.93. The van der Waals surface area contributed by atoms with Gasteiger partial charge in [0.25, 0.3) is 11.8 Å². The molecule has 0 unspecified atom stereocenters. The van der Waals surface area contributed by atoms with E-state index in [2.05, 4.69) is 10.3 Å². The second kappa shape index (κ2) is 13.0. The van der Waals surface area contributed by atoms with Crippen molar-refractivity contribution in [1.29, 1.82) is 0 Å². The Morgan fingerprint density at radius 2 is 1.72 bits per heavy atom. The Hall–Kier alpha value is -4.25. The Morgan fingerprint density at radius 3 is 2.36 bits per heavy atom. The van der Waals surface area contributed by atoms with Crippen molar-refractivity contribution in [3.63, 3.8) is 0 Å². The van der Waals surface area contributed by atoms with Crippen LogP contribution in [0.15, 0.2) is 48.5 Å². The third-order valence-corrected chi connectivity index (χ3v) is 5.61. The summed E-state index contributed by atoms with van der Waals surface area (Å²) in [7, 11) is 3.22. The van der Waals surface area contributed by atoms with E-state index in [1.54, 1.807) is 40.1 Å². The predicted molar refractivity (Wildman–Crippen MR) is 141 cm³/mol. The monoisotopic (exact) mass is 542 g/mol. The minimum absolute atomic E-state index is 0.0581. The van der Waals surface area contributed by atoms with Gasteiger partial charge >= 0.3 is 12.0 Å². The number of aliphatic carboxylic acids is 1. The van der Waals surface area contributed by atoms with Gasteiger partial charge in [-0.2, -0.15) is 4.98 Å². The van der Waals surface area contributed by atoms with Crippen LogP contribution in [0.25, 0.3) is 11.1 Å². The molecular weight excluding hydrogens is 510 g/mol. The normalized spacial score (nSPS) is 11.7. The molecule has 0 saturated carbocycles. The van der Waals surface area contributed by atoms with Crippen molar-refractivity contribution < 1.29 is 33.0 Å². The van der Waals surface area contributed by atoms with Crippen LogP contribution in [0.2, 0.25) is 0 Å². The van der Waals surface area contributed by atoms with Gasteiger partial charge in [0.2, 0.25) is 0 Å². The number of carbonyl (C=O) groups excluding carboxylic acids is 1. The van der Waals surface area contributed by atoms with E-state index in [0.29, 0.717) is 23.7 Å². The van der Waals surface area contributed by atoms with Gasteiger partial charge in [0, 0.05) is 33.3 Å². The number of rotatable bonds is 11. The maximum atomic E-state index is 14.7. The Labute approximate surface area is 225 Å². The second-order valence-corrected chi connectivity index (χ2v) is 9.56. The summed E-state index contributed by atoms with van der Waals surface area (Å²) in [5, 5.41) is 12.2. The van der Waals surface area contributed by atoms with Gasteiger partial charge in [0.1, 0.15) is 5.75 Å². The summed E-state index contributed by atoms with van der Waals surface area (Å²) in [5.41, 5.74) is 8.81. The first kappa shape index (κ1) is 29.3. The molecule has 39 heavy (non-hydrogen) atoms. The molecule has 3 rings (SSSR count). The number of amides is 2. The summed E-state index contributed by atoms with van der Waals surface area (Å²) in [5.74, 6) is -4.75. The van der Waals surface area contributed by atoms with E-state index < -0.39 is 35.5 Å². The average molecular weight is 543 g/mol. The smallest absolute Gasteiger partial charge is 0.344 e. The van der Waals surface area contributed by atoms with Gasteiger partial charge in [-0.1, -0.05) is 32.0 Å². The van der Waals surface area contributed by atoms with Crippen molar-refractivity contribution in [3.05, 3.63) is 71.3 Å². The summed E-state index contributed by atoms with van der Waals surface area (Å²) in [6.07, 6.45) is -1.29. The number of pyridine rings is 1. The van der Waals surface area contributed by atoms with Crippen molar-refractivity contribution in [2.75, 3.05) is 14.1 Å². The molecule has 1 heterocycles. The summed E-state index contributed by atoms with van der Waals surface area (Å²) in [4.78, 5) is 28.8. The van der Waals surface area contributed by atoms with E-state index in [1.807, 2.05) is 30.3 Å². The highest BCUT2D eigenvalue weighted by atomic mass is 19.1. The lowest BCUT2D eigenvalue weighted by atomic mass is 10.0. The molecule has 1 aromatic heterocycles. The largest absolute Gasteiger partial charge is 0.479 e. The zero-order valence-corrected chi connectivity index (χ0v) is 22.2. The van der Waals surface area contributed by atoms with Gasteiger partial charge in [-0.15, -0.1) is 0 Å². The molecule has 3 aromatic rings. The molecule has 0 bridgehead atoms. The van der Waals surface area contributed by atoms with Crippen molar-refractivity contribution >= 4 is 12.0 Å². The molecule has 0 saturated heterocycles. The summed E-state index contributed by atoms with van der Waals surface area (Å²) in [6, 6.07) is 12.8. The van der Waals surface area contributed by atoms with Crippen molar-refractivity contribution in [2.45, 2.75) is 39.5 Å². The first-order valence-electron chi connectivity index (χ1n) is 12.3. The highest BCUT2D eigenvalue weighted by molar-refractivity contribution is 5.74. The molecule has 208 valence electrons. The number of ether oxygens (including phenoxy) is 2. The summed E-state index contributed by atoms with van der Waals surface area (Å²) < 4.78 is 40.2. The number of hydrogen-bond acceptors (Lipinski definition) is 6. The zero-order valence-electron chi connectivity index (χ0n) is 22.2. The quantitative estimate of drug-likeness (QED) is 0.314. The summed E-state index contributed by atoms with van der Waals surface area (Å²) >= 11 is 0. The van der Waals surface area contributed by atoms with Crippen LogP contribution in [-0.2, 0) is 17.9 Å². The molecule has 0 aliphatic heterocycles. The number of benzene rings is 2.